The topological polar surface area (TPSA) is 112 Å². The molecule has 1 heterocycles. The zero-order valence-corrected chi connectivity index (χ0v) is 24.6. The lowest BCUT2D eigenvalue weighted by molar-refractivity contribution is -0.159. The van der Waals surface area contributed by atoms with E-state index >= 15 is 0 Å². The van der Waals surface area contributed by atoms with E-state index in [0.717, 1.165) is 22.5 Å². The Bertz CT molecular complexity index is 1920. The lowest BCUT2D eigenvalue weighted by atomic mass is 9.97. The highest BCUT2D eigenvalue weighted by atomic mass is 16.4. The summed E-state index contributed by atoms with van der Waals surface area (Å²) in [6.45, 7) is 5.17. The summed E-state index contributed by atoms with van der Waals surface area (Å²) < 4.78 is 2.34. The first kappa shape index (κ1) is 30.1. The highest BCUT2D eigenvalue weighted by Crippen LogP contribution is 2.43. The van der Waals surface area contributed by atoms with Crippen LogP contribution in [-0.4, -0.2) is 44.5 Å². The van der Waals surface area contributed by atoms with Gasteiger partial charge >= 0.3 is 11.9 Å². The zero-order valence-electron chi connectivity index (χ0n) is 24.6. The Kier molecular flexibility index (Phi) is 9.07. The predicted molar refractivity (Wildman–Crippen MR) is 176 cm³/mol. The quantitative estimate of drug-likeness (QED) is 0.145. The minimum Gasteiger partial charge on any atom is -0.473 e. The number of hydrogen-bond acceptors (Lipinski definition) is 4. The number of aryl methyl sites for hydroxylation is 1. The molecule has 4 N–H and O–H groups in total. The average molecular weight is 587 g/mol. The van der Waals surface area contributed by atoms with Crippen LogP contribution in [0.15, 0.2) is 115 Å². The van der Waals surface area contributed by atoms with Gasteiger partial charge in [-0.05, 0) is 47.6 Å². The van der Waals surface area contributed by atoms with Crippen LogP contribution in [0.5, 0.6) is 0 Å². The summed E-state index contributed by atoms with van der Waals surface area (Å²) in [4.78, 5) is 18.2. The number of aromatic nitrogens is 1. The summed E-state index contributed by atoms with van der Waals surface area (Å²) in [7, 11) is 0. The molecule has 1 atom stereocenters. The average Bonchev–Trinajstić information content (AvgIpc) is 3.37. The number of aliphatic carboxylic acids is 2. The van der Waals surface area contributed by atoms with E-state index in [1.54, 1.807) is 0 Å². The monoisotopic (exact) mass is 586 g/mol. The SMILES string of the molecule is Cc1cccc(NCC(O)Cn2c(-c3ccccc3)c(-c3ccccc3)c3ccc4ccccc4c32)c1C.O=C(O)C(=O)O. The number of hydrogen-bond donors (Lipinski definition) is 4. The van der Waals surface area contributed by atoms with E-state index in [1.807, 2.05) is 0 Å². The maximum absolute atomic E-state index is 11.4. The van der Waals surface area contributed by atoms with Crippen molar-refractivity contribution in [3.05, 3.63) is 126 Å². The van der Waals surface area contributed by atoms with Crippen molar-refractivity contribution >= 4 is 39.3 Å². The Morgan fingerprint density at radius 3 is 1.98 bits per heavy atom. The van der Waals surface area contributed by atoms with E-state index in [0.29, 0.717) is 13.1 Å². The van der Waals surface area contributed by atoms with E-state index < -0.39 is 18.0 Å². The molecule has 6 rings (SSSR count). The van der Waals surface area contributed by atoms with Gasteiger partial charge in [0.05, 0.1) is 23.9 Å². The number of aliphatic hydroxyl groups is 1. The Hall–Kier alpha value is -5.40. The smallest absolute Gasteiger partial charge is 0.414 e. The van der Waals surface area contributed by atoms with Gasteiger partial charge in [-0.25, -0.2) is 9.59 Å². The van der Waals surface area contributed by atoms with Crippen molar-refractivity contribution in [2.45, 2.75) is 26.5 Å². The van der Waals surface area contributed by atoms with Gasteiger partial charge in [-0.3, -0.25) is 0 Å². The van der Waals surface area contributed by atoms with E-state index in [2.05, 4.69) is 139 Å². The molecule has 0 bridgehead atoms. The molecule has 1 unspecified atom stereocenters. The summed E-state index contributed by atoms with van der Waals surface area (Å²) >= 11 is 0. The second-order valence-corrected chi connectivity index (χ2v) is 10.6. The maximum Gasteiger partial charge on any atom is 0.414 e. The number of aliphatic hydroxyl groups excluding tert-OH is 1. The van der Waals surface area contributed by atoms with Gasteiger partial charge in [-0.15, -0.1) is 0 Å². The molecule has 0 amide bonds. The molecule has 7 nitrogen and oxygen atoms in total. The van der Waals surface area contributed by atoms with Gasteiger partial charge < -0.3 is 25.2 Å². The van der Waals surface area contributed by atoms with Crippen molar-refractivity contribution in [2.75, 3.05) is 11.9 Å². The molecule has 1 aromatic heterocycles. The fourth-order valence-corrected chi connectivity index (χ4v) is 5.54. The summed E-state index contributed by atoms with van der Waals surface area (Å²) in [6, 6.07) is 40.4. The standard InChI is InChI=1S/C35H32N2O.C2H2O4/c1-24-12-11-19-32(25(24)2)36-22-29(38)23-37-34(28-16-7-4-8-17-28)33(27-14-5-3-6-15-27)31-21-20-26-13-9-10-18-30(26)35(31)37;3-1(4)2(5)6/h3-21,29,36,38H,22-23H2,1-2H3;(H,3,4)(H,5,6). The molecule has 0 fully saturated rings. The summed E-state index contributed by atoms with van der Waals surface area (Å²) in [5.41, 5.74) is 9.34. The third-order valence-corrected chi connectivity index (χ3v) is 7.77. The van der Waals surface area contributed by atoms with Gasteiger partial charge in [0.25, 0.3) is 0 Å². The molecule has 0 saturated heterocycles. The van der Waals surface area contributed by atoms with Crippen molar-refractivity contribution < 1.29 is 24.9 Å². The Balaban J connectivity index is 0.000000584. The van der Waals surface area contributed by atoms with Crippen LogP contribution < -0.4 is 5.32 Å². The molecule has 5 aromatic carbocycles. The van der Waals surface area contributed by atoms with Crippen LogP contribution in [-0.2, 0) is 16.1 Å². The highest BCUT2D eigenvalue weighted by Gasteiger charge is 2.23. The third-order valence-electron chi connectivity index (χ3n) is 7.77. The fourth-order valence-electron chi connectivity index (χ4n) is 5.54. The van der Waals surface area contributed by atoms with E-state index in [-0.39, 0.29) is 0 Å². The van der Waals surface area contributed by atoms with E-state index in [9.17, 15) is 5.11 Å². The second kappa shape index (κ2) is 13.3. The molecule has 44 heavy (non-hydrogen) atoms. The molecule has 0 spiro atoms. The van der Waals surface area contributed by atoms with Gasteiger partial charge in [-0.2, -0.15) is 0 Å². The van der Waals surface area contributed by atoms with Gasteiger partial charge in [0.2, 0.25) is 0 Å². The lowest BCUT2D eigenvalue weighted by Gasteiger charge is -2.19. The van der Waals surface area contributed by atoms with Gasteiger partial charge in [0.1, 0.15) is 0 Å². The summed E-state index contributed by atoms with van der Waals surface area (Å²) in [5, 5.41) is 33.3. The minimum atomic E-state index is -1.82. The molecule has 0 aliphatic rings. The molecule has 222 valence electrons. The number of benzene rings is 5. The minimum absolute atomic E-state index is 0.462. The van der Waals surface area contributed by atoms with Crippen LogP contribution in [0.25, 0.3) is 44.1 Å². The largest absolute Gasteiger partial charge is 0.473 e. The Labute approximate surface area is 255 Å². The second-order valence-electron chi connectivity index (χ2n) is 10.6. The molecule has 0 saturated carbocycles. The molecule has 0 aliphatic carbocycles. The molecule has 0 radical (unpaired) electrons. The van der Waals surface area contributed by atoms with E-state index in [1.165, 1.54) is 38.4 Å². The van der Waals surface area contributed by atoms with Crippen LogP contribution in [0.2, 0.25) is 0 Å². The molecule has 0 aliphatic heterocycles. The Morgan fingerprint density at radius 2 is 1.32 bits per heavy atom. The van der Waals surface area contributed by atoms with Crippen molar-refractivity contribution in [1.82, 2.24) is 4.57 Å². The van der Waals surface area contributed by atoms with Crippen LogP contribution in [0.1, 0.15) is 11.1 Å². The number of nitrogens with zero attached hydrogens (tertiary/aromatic N) is 1. The molecule has 7 heteroatoms. The van der Waals surface area contributed by atoms with Crippen LogP contribution in [0, 0.1) is 13.8 Å². The van der Waals surface area contributed by atoms with Crippen LogP contribution in [0.4, 0.5) is 5.69 Å². The number of nitrogens with one attached hydrogen (secondary N) is 1. The zero-order chi connectivity index (χ0) is 31.2. The van der Waals surface area contributed by atoms with Crippen molar-refractivity contribution in [2.24, 2.45) is 0 Å². The van der Waals surface area contributed by atoms with Crippen molar-refractivity contribution in [1.29, 1.82) is 0 Å². The number of fused-ring (bicyclic) bond motifs is 3. The molecule has 6 aromatic rings. The first-order valence-electron chi connectivity index (χ1n) is 14.4. The third kappa shape index (κ3) is 6.33. The molecular formula is C37H34N2O5. The number of carboxylic acid groups (broad SMARTS) is 2. The number of carboxylic acids is 2. The summed E-state index contributed by atoms with van der Waals surface area (Å²) in [5.74, 6) is -3.65. The van der Waals surface area contributed by atoms with Crippen molar-refractivity contribution in [3.63, 3.8) is 0 Å². The number of carbonyl (C=O) groups is 2. The van der Waals surface area contributed by atoms with Crippen LogP contribution in [0.3, 0.4) is 0 Å². The van der Waals surface area contributed by atoms with Gasteiger partial charge in [0, 0.05) is 28.6 Å². The maximum atomic E-state index is 11.4. The predicted octanol–water partition coefficient (Wildman–Crippen LogP) is 7.37. The first-order chi connectivity index (χ1) is 21.3. The number of rotatable bonds is 7. The molecular weight excluding hydrogens is 552 g/mol. The normalized spacial score (nSPS) is 11.5. The number of anilines is 1. The Morgan fingerprint density at radius 1 is 0.705 bits per heavy atom. The fraction of sp³-hybridized carbons (Fsp3) is 0.135. The van der Waals surface area contributed by atoms with Crippen molar-refractivity contribution in [3.8, 4) is 22.4 Å². The van der Waals surface area contributed by atoms with Gasteiger partial charge in [-0.1, -0.05) is 109 Å². The first-order valence-corrected chi connectivity index (χ1v) is 14.4. The lowest BCUT2D eigenvalue weighted by Crippen LogP contribution is -2.25. The van der Waals surface area contributed by atoms with E-state index in [4.69, 9.17) is 19.8 Å². The highest BCUT2D eigenvalue weighted by molar-refractivity contribution is 6.27. The van der Waals surface area contributed by atoms with Gasteiger partial charge in [0.15, 0.2) is 0 Å². The summed E-state index contributed by atoms with van der Waals surface area (Å²) in [6.07, 6.45) is -0.587. The van der Waals surface area contributed by atoms with Crippen LogP contribution >= 0.6 is 0 Å².